The van der Waals surface area contributed by atoms with E-state index in [1.165, 1.54) is 14.2 Å². The topological polar surface area (TPSA) is 246 Å². The van der Waals surface area contributed by atoms with E-state index in [-0.39, 0.29) is 35.7 Å². The fourth-order valence-electron chi connectivity index (χ4n) is 8.73. The maximum Gasteiger partial charge on any atom is 0.256 e. The van der Waals surface area contributed by atoms with Crippen molar-refractivity contribution >= 4 is 80.5 Å². The van der Waals surface area contributed by atoms with Crippen molar-refractivity contribution in [2.24, 2.45) is 0 Å². The van der Waals surface area contributed by atoms with Crippen LogP contribution in [0.15, 0.2) is 24.3 Å². The molecule has 19 nitrogen and oxygen atoms in total. The van der Waals surface area contributed by atoms with Gasteiger partial charge in [-0.2, -0.15) is 0 Å². The lowest BCUT2D eigenvalue weighted by molar-refractivity contribution is -0.120. The molecule has 6 atom stereocenters. The third-order valence-electron chi connectivity index (χ3n) is 12.1. The summed E-state index contributed by atoms with van der Waals surface area (Å²) in [7, 11) is 5.15. The van der Waals surface area contributed by atoms with E-state index in [0.717, 1.165) is 5.75 Å². The number of ether oxygens (including phenoxy) is 4. The van der Waals surface area contributed by atoms with E-state index in [4.69, 9.17) is 27.3 Å². The van der Waals surface area contributed by atoms with Gasteiger partial charge in [0.05, 0.1) is 91.9 Å². The molecule has 3 N–H and O–H groups in total. The molecule has 4 aliphatic rings. The SMILES string of the molecule is CNC(=O)CCC(C)(C)SSCCCP(=O)(CCCOc1cc2c(cc1OC)C(=O)N1CCC[C@H]1C(OS(=O)[O-])N2)CCCOc1cc2c(cc1OC)C(=O)N1CCC[C@H]1C(OS(=O)[O-])N2. The summed E-state index contributed by atoms with van der Waals surface area (Å²) in [5.74, 6) is 1.49. The summed E-state index contributed by atoms with van der Waals surface area (Å²) >= 11 is -5.65. The van der Waals surface area contributed by atoms with Gasteiger partial charge in [-0.1, -0.05) is 21.6 Å². The highest BCUT2D eigenvalue weighted by molar-refractivity contribution is 8.77. The summed E-state index contributed by atoms with van der Waals surface area (Å²) in [5, 5.41) is 8.85. The van der Waals surface area contributed by atoms with Crippen LogP contribution in [-0.2, 0) is 40.4 Å². The van der Waals surface area contributed by atoms with Crippen molar-refractivity contribution in [3.63, 3.8) is 0 Å². The molecule has 66 heavy (non-hydrogen) atoms. The zero-order valence-corrected chi connectivity index (χ0v) is 42.0. The Morgan fingerprint density at radius 2 is 1.27 bits per heavy atom. The summed E-state index contributed by atoms with van der Waals surface area (Å²) in [6.07, 6.45) is 4.55. The number of amides is 3. The van der Waals surface area contributed by atoms with Gasteiger partial charge in [0, 0.05) is 67.7 Å². The molecule has 2 aromatic rings. The van der Waals surface area contributed by atoms with E-state index in [1.807, 2.05) is 0 Å². The van der Waals surface area contributed by atoms with Crippen LogP contribution < -0.4 is 34.9 Å². The van der Waals surface area contributed by atoms with Gasteiger partial charge in [0.25, 0.3) is 11.8 Å². The number of nitrogens with zero attached hydrogens (tertiary/aromatic N) is 2. The number of methoxy groups -OCH3 is 2. The lowest BCUT2D eigenvalue weighted by Gasteiger charge is -2.29. The van der Waals surface area contributed by atoms with Crippen LogP contribution in [0.3, 0.4) is 0 Å². The third-order valence-corrected chi connectivity index (χ3v) is 19.7. The van der Waals surface area contributed by atoms with E-state index in [9.17, 15) is 36.5 Å². The number of hydrogen-bond donors (Lipinski definition) is 3. The second kappa shape index (κ2) is 23.8. The summed E-state index contributed by atoms with van der Waals surface area (Å²) in [6, 6.07) is 5.39. The van der Waals surface area contributed by atoms with Gasteiger partial charge in [0.2, 0.25) is 5.91 Å². The number of fused-ring (bicyclic) bond motifs is 4. The van der Waals surface area contributed by atoms with Crippen LogP contribution in [0.2, 0.25) is 0 Å². The zero-order chi connectivity index (χ0) is 47.6. The lowest BCUT2D eigenvalue weighted by atomic mass is 10.1. The lowest BCUT2D eigenvalue weighted by Crippen LogP contribution is -2.45. The molecule has 2 saturated heterocycles. The van der Waals surface area contributed by atoms with Crippen LogP contribution in [0.4, 0.5) is 11.4 Å². The first-order valence-corrected chi connectivity index (χ1v) is 28.6. The van der Waals surface area contributed by atoms with Gasteiger partial charge < -0.3 is 58.4 Å². The molecule has 24 heteroatoms. The van der Waals surface area contributed by atoms with E-state index >= 15 is 0 Å². The molecule has 6 rings (SSSR count). The Morgan fingerprint density at radius 1 is 0.803 bits per heavy atom. The summed E-state index contributed by atoms with van der Waals surface area (Å²) in [6.45, 7) is 5.48. The van der Waals surface area contributed by atoms with Crippen molar-refractivity contribution in [1.82, 2.24) is 15.1 Å². The molecule has 0 saturated carbocycles. The van der Waals surface area contributed by atoms with Crippen LogP contribution in [0.1, 0.15) is 92.4 Å². The van der Waals surface area contributed by atoms with E-state index < -0.39 is 54.4 Å². The van der Waals surface area contributed by atoms with Crippen molar-refractivity contribution in [2.75, 3.05) is 82.4 Å². The number of nitrogens with one attached hydrogen (secondary N) is 3. The van der Waals surface area contributed by atoms with Crippen molar-refractivity contribution in [2.45, 2.75) is 101 Å². The molecule has 3 amide bonds. The maximum absolute atomic E-state index is 14.8. The predicted octanol–water partition coefficient (Wildman–Crippen LogP) is 5.72. The normalized spacial score (nSPS) is 22.0. The minimum Gasteiger partial charge on any atom is -0.750 e. The molecule has 368 valence electrons. The minimum absolute atomic E-state index is 0.00149. The minimum atomic E-state index is -2.83. The second-order valence-corrected chi connectivity index (χ2v) is 24.9. The average Bonchev–Trinajstić information content (AvgIpc) is 3.95. The van der Waals surface area contributed by atoms with Crippen LogP contribution >= 0.6 is 28.7 Å². The first kappa shape index (κ1) is 52.1. The summed E-state index contributed by atoms with van der Waals surface area (Å²) in [5.41, 5.74) is 1.30. The Hall–Kier alpha value is -3.28. The molecule has 2 aromatic carbocycles. The summed E-state index contributed by atoms with van der Waals surface area (Å²) in [4.78, 5) is 42.3. The standard InChI is InChI=1S/C42H62N5O14PS4/c1-42(2,14-13-37(48)43-3)64-63-22-10-21-62(51,19-8-17-58-35-25-29-27(23-33(35)56-4)40(49)46-15-6-11-31(46)38(44-29)60-65(52)53)20-9-18-59-36-26-30-28(24-34(36)57-5)41(50)47-16-7-12-32(47)39(45-30)61-66(54)55/h23-26,31-32,38-39,44-45H,6-22H2,1-5H3,(H,43,48)(H,52,53)(H,54,55)/p-2/t31-,32-,38?,39?,62?/m0/s1. The second-order valence-electron chi connectivity index (χ2n) is 17.1. The Bertz CT molecular complexity index is 2030. The monoisotopic (exact) mass is 1020 g/mol. The number of hydrogen-bond acceptors (Lipinski definition) is 18. The van der Waals surface area contributed by atoms with Crippen LogP contribution in [0.25, 0.3) is 0 Å². The largest absolute Gasteiger partial charge is 0.750 e. The molecule has 4 unspecified atom stereocenters. The fraction of sp³-hybridized carbons (Fsp3) is 0.643. The molecule has 0 radical (unpaired) electrons. The first-order valence-electron chi connectivity index (χ1n) is 22.0. The highest BCUT2D eigenvalue weighted by Gasteiger charge is 2.42. The number of benzene rings is 2. The number of carbonyl (C=O) groups is 3. The van der Waals surface area contributed by atoms with Crippen molar-refractivity contribution in [3.05, 3.63) is 35.4 Å². The molecule has 0 aromatic heterocycles. The van der Waals surface area contributed by atoms with Gasteiger partial charge in [-0.25, -0.2) is 8.42 Å². The molecule has 0 bridgehead atoms. The third kappa shape index (κ3) is 13.5. The van der Waals surface area contributed by atoms with Gasteiger partial charge in [-0.15, -0.1) is 0 Å². The fourth-order valence-corrected chi connectivity index (χ4v) is 15.1. The molecular weight excluding hydrogens is 958 g/mol. The van der Waals surface area contributed by atoms with Gasteiger partial charge in [0.1, 0.15) is 0 Å². The molecule has 4 heterocycles. The van der Waals surface area contributed by atoms with Crippen molar-refractivity contribution in [1.29, 1.82) is 0 Å². The van der Waals surface area contributed by atoms with E-state index in [0.29, 0.717) is 135 Å². The van der Waals surface area contributed by atoms with Crippen LogP contribution in [0.5, 0.6) is 23.0 Å². The summed E-state index contributed by atoms with van der Waals surface area (Å²) < 4.78 is 95.0. The maximum atomic E-state index is 14.8. The van der Waals surface area contributed by atoms with Gasteiger partial charge in [-0.05, 0) is 77.3 Å². The molecule has 0 spiro atoms. The number of rotatable bonds is 25. The van der Waals surface area contributed by atoms with Crippen molar-refractivity contribution < 1.29 is 63.8 Å². The Morgan fingerprint density at radius 3 is 1.71 bits per heavy atom. The molecule has 0 aliphatic carbocycles. The molecule has 2 fully saturated rings. The first-order chi connectivity index (χ1) is 31.5. The smallest absolute Gasteiger partial charge is 0.256 e. The molecular formula is C42H60N5O14PS4-2. The highest BCUT2D eigenvalue weighted by atomic mass is 33.1. The van der Waals surface area contributed by atoms with Crippen LogP contribution in [0, 0.1) is 0 Å². The average molecular weight is 1020 g/mol. The van der Waals surface area contributed by atoms with E-state index in [1.54, 1.807) is 62.7 Å². The Kier molecular flexibility index (Phi) is 18.8. The van der Waals surface area contributed by atoms with Gasteiger partial charge in [-0.3, -0.25) is 22.7 Å². The van der Waals surface area contributed by atoms with E-state index in [2.05, 4.69) is 29.8 Å². The quantitative estimate of drug-likeness (QED) is 0.0466. The van der Waals surface area contributed by atoms with Gasteiger partial charge in [0.15, 0.2) is 35.5 Å². The molecule has 4 aliphatic heterocycles. The number of anilines is 2. The predicted molar refractivity (Wildman–Crippen MR) is 253 cm³/mol. The van der Waals surface area contributed by atoms with Crippen molar-refractivity contribution in [3.8, 4) is 23.0 Å². The number of carbonyl (C=O) groups excluding carboxylic acids is 3. The Labute approximate surface area is 399 Å². The highest BCUT2D eigenvalue weighted by Crippen LogP contribution is 2.49. The Balaban J connectivity index is 1.11. The zero-order valence-electron chi connectivity index (χ0n) is 37.8. The van der Waals surface area contributed by atoms with Crippen LogP contribution in [-0.4, -0.2) is 146 Å². The van der Waals surface area contributed by atoms with Gasteiger partial charge >= 0.3 is 0 Å².